The fraction of sp³-hybridized carbons (Fsp3) is 0.364. The van der Waals surface area contributed by atoms with Crippen LogP contribution in [0.4, 0.5) is 0 Å². The molecule has 0 bridgehead atoms. The third-order valence-electron chi connectivity index (χ3n) is 4.40. The number of carbonyl (C=O) groups excluding carboxylic acids is 2. The van der Waals surface area contributed by atoms with Crippen LogP contribution in [0.25, 0.3) is 0 Å². The van der Waals surface area contributed by atoms with E-state index >= 15 is 0 Å². The van der Waals surface area contributed by atoms with Gasteiger partial charge in [0.15, 0.2) is 17.6 Å². The molecule has 2 aromatic rings. The van der Waals surface area contributed by atoms with E-state index in [1.807, 2.05) is 19.1 Å². The van der Waals surface area contributed by atoms with Gasteiger partial charge in [0, 0.05) is 5.56 Å². The predicted octanol–water partition coefficient (Wildman–Crippen LogP) is 3.63. The van der Waals surface area contributed by atoms with E-state index in [0.29, 0.717) is 28.4 Å². The molecule has 0 fully saturated rings. The molecule has 0 aliphatic heterocycles. The molecule has 150 valence electrons. The largest absolute Gasteiger partial charge is 0.493 e. The number of aryl methyl sites for hydroxylation is 1. The summed E-state index contributed by atoms with van der Waals surface area (Å²) in [7, 11) is 4.52. The molecule has 0 radical (unpaired) electrons. The van der Waals surface area contributed by atoms with E-state index in [9.17, 15) is 9.59 Å². The highest BCUT2D eigenvalue weighted by Crippen LogP contribution is 2.38. The molecule has 0 amide bonds. The Balaban J connectivity index is 2.07. The van der Waals surface area contributed by atoms with E-state index in [-0.39, 0.29) is 12.2 Å². The molecule has 28 heavy (non-hydrogen) atoms. The van der Waals surface area contributed by atoms with E-state index in [1.54, 1.807) is 31.2 Å². The Morgan fingerprint density at radius 2 is 1.46 bits per heavy atom. The first-order chi connectivity index (χ1) is 13.4. The topological polar surface area (TPSA) is 71.1 Å². The Labute approximate surface area is 165 Å². The lowest BCUT2D eigenvalue weighted by Crippen LogP contribution is -2.25. The van der Waals surface area contributed by atoms with Gasteiger partial charge in [0.1, 0.15) is 0 Å². The van der Waals surface area contributed by atoms with Gasteiger partial charge in [-0.3, -0.25) is 9.59 Å². The van der Waals surface area contributed by atoms with Crippen molar-refractivity contribution in [1.29, 1.82) is 0 Å². The number of Topliss-reactive ketones (excluding diaryl/α,β-unsaturated/α-hetero) is 1. The molecule has 6 nitrogen and oxygen atoms in total. The smallest absolute Gasteiger partial charge is 0.310 e. The Bertz CT molecular complexity index is 800. The van der Waals surface area contributed by atoms with E-state index in [4.69, 9.17) is 18.9 Å². The van der Waals surface area contributed by atoms with Gasteiger partial charge in [0.25, 0.3) is 0 Å². The van der Waals surface area contributed by atoms with Gasteiger partial charge < -0.3 is 18.9 Å². The fourth-order valence-electron chi connectivity index (χ4n) is 2.84. The minimum Gasteiger partial charge on any atom is -0.493 e. The van der Waals surface area contributed by atoms with Crippen LogP contribution in [0.2, 0.25) is 0 Å². The molecule has 0 unspecified atom stereocenters. The molecular weight excluding hydrogens is 360 g/mol. The summed E-state index contributed by atoms with van der Waals surface area (Å²) >= 11 is 0. The fourth-order valence-corrected chi connectivity index (χ4v) is 2.84. The lowest BCUT2D eigenvalue weighted by atomic mass is 10.0. The molecule has 0 saturated carbocycles. The van der Waals surface area contributed by atoms with Crippen LogP contribution in [0.5, 0.6) is 17.2 Å². The average Bonchev–Trinajstić information content (AvgIpc) is 2.72. The SMILES string of the molecule is CCc1ccc(C(=O)[C@H](C)OC(=O)Cc2cc(OC)c(OC)c(OC)c2)cc1. The molecule has 0 heterocycles. The molecular formula is C22H26O6. The highest BCUT2D eigenvalue weighted by Gasteiger charge is 2.21. The quantitative estimate of drug-likeness (QED) is 0.484. The second-order valence-electron chi connectivity index (χ2n) is 6.26. The number of methoxy groups -OCH3 is 3. The summed E-state index contributed by atoms with van der Waals surface area (Å²) in [4.78, 5) is 24.8. The van der Waals surface area contributed by atoms with Crippen molar-refractivity contribution in [2.24, 2.45) is 0 Å². The summed E-state index contributed by atoms with van der Waals surface area (Å²) < 4.78 is 21.2. The van der Waals surface area contributed by atoms with Gasteiger partial charge >= 0.3 is 5.97 Å². The van der Waals surface area contributed by atoms with Gasteiger partial charge in [-0.25, -0.2) is 0 Å². The Hall–Kier alpha value is -3.02. The van der Waals surface area contributed by atoms with Crippen molar-refractivity contribution in [3.05, 3.63) is 53.1 Å². The molecule has 0 N–H and O–H groups in total. The van der Waals surface area contributed by atoms with Crippen molar-refractivity contribution in [2.75, 3.05) is 21.3 Å². The lowest BCUT2D eigenvalue weighted by molar-refractivity contribution is -0.145. The van der Waals surface area contributed by atoms with E-state index in [1.165, 1.54) is 21.3 Å². The number of rotatable bonds is 9. The van der Waals surface area contributed by atoms with E-state index in [0.717, 1.165) is 12.0 Å². The van der Waals surface area contributed by atoms with Gasteiger partial charge in [0.05, 0.1) is 27.8 Å². The van der Waals surface area contributed by atoms with Crippen molar-refractivity contribution < 1.29 is 28.5 Å². The van der Waals surface area contributed by atoms with Crippen LogP contribution in [0.1, 0.15) is 35.3 Å². The number of carbonyl (C=O) groups is 2. The molecule has 0 spiro atoms. The van der Waals surface area contributed by atoms with Crippen LogP contribution in [0.15, 0.2) is 36.4 Å². The first-order valence-corrected chi connectivity index (χ1v) is 9.05. The second kappa shape index (κ2) is 9.78. The summed E-state index contributed by atoms with van der Waals surface area (Å²) in [5.41, 5.74) is 2.29. The summed E-state index contributed by atoms with van der Waals surface area (Å²) in [5.74, 6) is 0.594. The Kier molecular flexibility index (Phi) is 7.44. The van der Waals surface area contributed by atoms with Gasteiger partial charge in [-0.2, -0.15) is 0 Å². The number of ketones is 1. The predicted molar refractivity (Wildman–Crippen MR) is 106 cm³/mol. The number of benzene rings is 2. The number of esters is 1. The van der Waals surface area contributed by atoms with Crippen molar-refractivity contribution >= 4 is 11.8 Å². The zero-order chi connectivity index (χ0) is 20.7. The molecule has 2 rings (SSSR count). The van der Waals surface area contributed by atoms with Gasteiger partial charge in [-0.15, -0.1) is 0 Å². The van der Waals surface area contributed by atoms with Crippen molar-refractivity contribution in [2.45, 2.75) is 32.8 Å². The van der Waals surface area contributed by atoms with Crippen LogP contribution in [0.3, 0.4) is 0 Å². The third kappa shape index (κ3) is 5.03. The molecule has 0 aliphatic rings. The van der Waals surface area contributed by atoms with Gasteiger partial charge in [0.2, 0.25) is 11.5 Å². The summed E-state index contributed by atoms with van der Waals surface area (Å²) in [5, 5.41) is 0. The van der Waals surface area contributed by atoms with Crippen molar-refractivity contribution in [3.63, 3.8) is 0 Å². The lowest BCUT2D eigenvalue weighted by Gasteiger charge is -2.15. The normalized spacial score (nSPS) is 11.5. The van der Waals surface area contributed by atoms with Crippen LogP contribution < -0.4 is 14.2 Å². The maximum atomic E-state index is 12.5. The minimum atomic E-state index is -0.873. The first kappa shape index (κ1) is 21.3. The highest BCUT2D eigenvalue weighted by molar-refractivity contribution is 6.00. The zero-order valence-corrected chi connectivity index (χ0v) is 16.9. The maximum absolute atomic E-state index is 12.5. The summed E-state index contributed by atoms with van der Waals surface area (Å²) in [6.07, 6.45) is -0.00121. The Morgan fingerprint density at radius 3 is 1.93 bits per heavy atom. The number of hydrogen-bond donors (Lipinski definition) is 0. The molecule has 2 aromatic carbocycles. The second-order valence-corrected chi connectivity index (χ2v) is 6.26. The van der Waals surface area contributed by atoms with Gasteiger partial charge in [-0.1, -0.05) is 31.2 Å². The summed E-state index contributed by atoms with van der Waals surface area (Å²) in [6, 6.07) is 10.7. The van der Waals surface area contributed by atoms with Crippen molar-refractivity contribution in [3.8, 4) is 17.2 Å². The number of ether oxygens (including phenoxy) is 4. The molecule has 0 aromatic heterocycles. The average molecular weight is 386 g/mol. The van der Waals surface area contributed by atoms with Gasteiger partial charge in [-0.05, 0) is 36.6 Å². The molecule has 1 atom stereocenters. The van der Waals surface area contributed by atoms with E-state index in [2.05, 4.69) is 0 Å². The van der Waals surface area contributed by atoms with Crippen LogP contribution in [-0.2, 0) is 22.4 Å². The van der Waals surface area contributed by atoms with Crippen LogP contribution in [-0.4, -0.2) is 39.2 Å². The van der Waals surface area contributed by atoms with Crippen LogP contribution >= 0.6 is 0 Å². The first-order valence-electron chi connectivity index (χ1n) is 9.05. The van der Waals surface area contributed by atoms with E-state index < -0.39 is 12.1 Å². The summed E-state index contributed by atoms with van der Waals surface area (Å²) in [6.45, 7) is 3.62. The van der Waals surface area contributed by atoms with Crippen molar-refractivity contribution in [1.82, 2.24) is 0 Å². The Morgan fingerprint density at radius 1 is 0.893 bits per heavy atom. The third-order valence-corrected chi connectivity index (χ3v) is 4.40. The molecule has 6 heteroatoms. The zero-order valence-electron chi connectivity index (χ0n) is 16.9. The monoisotopic (exact) mass is 386 g/mol. The molecule has 0 saturated heterocycles. The highest BCUT2D eigenvalue weighted by atomic mass is 16.5. The minimum absolute atomic E-state index is 0.0247. The van der Waals surface area contributed by atoms with Crippen LogP contribution in [0, 0.1) is 0 Å². The molecule has 0 aliphatic carbocycles. The number of hydrogen-bond acceptors (Lipinski definition) is 6. The standard InChI is InChI=1S/C22H26O6/c1-6-15-7-9-17(10-8-15)21(24)14(2)28-20(23)13-16-11-18(25-3)22(27-5)19(12-16)26-4/h7-12,14H,6,13H2,1-5H3/t14-/m0/s1. The maximum Gasteiger partial charge on any atom is 0.310 e.